The molecular formula is C33H32N2OSi. The van der Waals surface area contributed by atoms with Crippen molar-refractivity contribution in [2.45, 2.75) is 13.1 Å². The summed E-state index contributed by atoms with van der Waals surface area (Å²) in [5.41, 5.74) is 6.65. The molecule has 0 N–H and O–H groups in total. The third-order valence-corrected chi connectivity index (χ3v) is 9.46. The lowest BCUT2D eigenvalue weighted by atomic mass is 10.1. The summed E-state index contributed by atoms with van der Waals surface area (Å²) in [5, 5.41) is 1.28. The van der Waals surface area contributed by atoms with E-state index in [-0.39, 0.29) is 0 Å². The summed E-state index contributed by atoms with van der Waals surface area (Å²) >= 11 is 0. The molecule has 0 spiro atoms. The minimum atomic E-state index is -1.89. The van der Waals surface area contributed by atoms with Crippen molar-refractivity contribution in [3.63, 3.8) is 0 Å². The molecule has 5 rings (SSSR count). The minimum absolute atomic E-state index is 1.09. The summed E-state index contributed by atoms with van der Waals surface area (Å²) in [6, 6.07) is 49.1. The highest BCUT2D eigenvalue weighted by Crippen LogP contribution is 2.39. The number of hydrogen-bond donors (Lipinski definition) is 0. The molecule has 0 aliphatic heterocycles. The Morgan fingerprint density at radius 3 is 1.16 bits per heavy atom. The lowest BCUT2D eigenvalue weighted by Gasteiger charge is -2.29. The van der Waals surface area contributed by atoms with E-state index in [2.05, 4.69) is 162 Å². The smallest absolute Gasteiger partial charge is 0.217 e. The number of anilines is 6. The first-order valence-corrected chi connectivity index (χ1v) is 15.5. The summed E-state index contributed by atoms with van der Waals surface area (Å²) in [5.74, 6) is 0. The molecule has 0 fully saturated rings. The molecule has 0 aliphatic rings. The molecule has 5 aromatic carbocycles. The first kappa shape index (κ1) is 24.6. The summed E-state index contributed by atoms with van der Waals surface area (Å²) in [7, 11) is -0.0810. The van der Waals surface area contributed by atoms with E-state index in [9.17, 15) is 0 Å². The van der Waals surface area contributed by atoms with Gasteiger partial charge in [0, 0.05) is 41.2 Å². The van der Waals surface area contributed by atoms with Crippen molar-refractivity contribution >= 4 is 47.6 Å². The Morgan fingerprint density at radius 2 is 0.784 bits per heavy atom. The van der Waals surface area contributed by atoms with Crippen LogP contribution in [0.15, 0.2) is 140 Å². The Bertz CT molecular complexity index is 1380. The average molecular weight is 501 g/mol. The predicted octanol–water partition coefficient (Wildman–Crippen LogP) is 8.68. The molecule has 0 bridgehead atoms. The summed E-state index contributed by atoms with van der Waals surface area (Å²) < 4.78 is 5.84. The van der Waals surface area contributed by atoms with E-state index in [4.69, 9.17) is 4.43 Å². The van der Waals surface area contributed by atoms with Gasteiger partial charge in [0.2, 0.25) is 8.32 Å². The molecule has 0 aliphatic carbocycles. The molecule has 0 atom stereocenters. The Kier molecular flexibility index (Phi) is 7.22. The van der Waals surface area contributed by atoms with Crippen LogP contribution in [0.1, 0.15) is 0 Å². The predicted molar refractivity (Wildman–Crippen MR) is 160 cm³/mol. The number of rotatable bonds is 8. The lowest BCUT2D eigenvalue weighted by molar-refractivity contribution is 0.416. The van der Waals surface area contributed by atoms with Gasteiger partial charge in [0.05, 0.1) is 0 Å². The highest BCUT2D eigenvalue weighted by Gasteiger charge is 2.24. The summed E-state index contributed by atoms with van der Waals surface area (Å²) in [4.78, 5) is 4.60. The Labute approximate surface area is 221 Å². The zero-order valence-corrected chi connectivity index (χ0v) is 22.6. The third kappa shape index (κ3) is 5.36. The van der Waals surface area contributed by atoms with Crippen LogP contribution in [0.25, 0.3) is 0 Å². The standard InChI is InChI=1S/C33H32N2OSi/c1-36-37(2,3)33-24-22-30(23-25-33)35(29-18-11-6-12-19-29)32-21-13-20-31(26-32)34(27-14-7-4-8-15-27)28-16-9-5-10-17-28/h4-26H,1-3H3. The van der Waals surface area contributed by atoms with Crippen LogP contribution in [0, 0.1) is 0 Å². The second-order valence-corrected chi connectivity index (χ2v) is 13.5. The molecule has 0 saturated carbocycles. The molecule has 4 heteroatoms. The topological polar surface area (TPSA) is 15.7 Å². The van der Waals surface area contributed by atoms with Gasteiger partial charge in [0.25, 0.3) is 0 Å². The SMILES string of the molecule is CO[Si](C)(C)c1ccc(N(c2ccccc2)c2cccc(N(c3ccccc3)c3ccccc3)c2)cc1. The van der Waals surface area contributed by atoms with Crippen LogP contribution < -0.4 is 15.0 Å². The van der Waals surface area contributed by atoms with Crippen molar-refractivity contribution < 1.29 is 4.43 Å². The van der Waals surface area contributed by atoms with E-state index in [0.29, 0.717) is 0 Å². The van der Waals surface area contributed by atoms with E-state index in [1.807, 2.05) is 7.11 Å². The highest BCUT2D eigenvalue weighted by atomic mass is 28.4. The fraction of sp³-hybridized carbons (Fsp3) is 0.0909. The van der Waals surface area contributed by atoms with Gasteiger partial charge in [-0.05, 0) is 85.0 Å². The largest absolute Gasteiger partial charge is 0.416 e. The lowest BCUT2D eigenvalue weighted by Crippen LogP contribution is -2.43. The number of hydrogen-bond acceptors (Lipinski definition) is 3. The van der Waals surface area contributed by atoms with Crippen molar-refractivity contribution in [1.82, 2.24) is 0 Å². The van der Waals surface area contributed by atoms with E-state index in [1.165, 1.54) is 5.19 Å². The van der Waals surface area contributed by atoms with Crippen LogP contribution in [-0.4, -0.2) is 15.4 Å². The molecule has 0 aromatic heterocycles. The van der Waals surface area contributed by atoms with Gasteiger partial charge in [0.15, 0.2) is 0 Å². The first-order valence-electron chi connectivity index (χ1n) is 12.6. The van der Waals surface area contributed by atoms with Gasteiger partial charge in [-0.1, -0.05) is 72.8 Å². The van der Waals surface area contributed by atoms with E-state index >= 15 is 0 Å². The molecule has 0 radical (unpaired) electrons. The van der Waals surface area contributed by atoms with Crippen molar-refractivity contribution in [2.24, 2.45) is 0 Å². The van der Waals surface area contributed by atoms with Gasteiger partial charge >= 0.3 is 0 Å². The molecule has 0 saturated heterocycles. The van der Waals surface area contributed by atoms with E-state index < -0.39 is 8.32 Å². The molecule has 184 valence electrons. The van der Waals surface area contributed by atoms with Gasteiger partial charge in [-0.2, -0.15) is 0 Å². The van der Waals surface area contributed by atoms with Crippen LogP contribution in [0.4, 0.5) is 34.1 Å². The number of nitrogens with zero attached hydrogens (tertiary/aromatic N) is 2. The monoisotopic (exact) mass is 500 g/mol. The summed E-state index contributed by atoms with van der Waals surface area (Å²) in [6.07, 6.45) is 0. The Balaban J connectivity index is 1.62. The van der Waals surface area contributed by atoms with Gasteiger partial charge in [-0.25, -0.2) is 0 Å². The summed E-state index contributed by atoms with van der Waals surface area (Å²) in [6.45, 7) is 4.45. The van der Waals surface area contributed by atoms with Crippen LogP contribution in [0.2, 0.25) is 13.1 Å². The molecule has 0 unspecified atom stereocenters. The van der Waals surface area contributed by atoms with Gasteiger partial charge in [-0.3, -0.25) is 0 Å². The van der Waals surface area contributed by atoms with Crippen LogP contribution in [0.5, 0.6) is 0 Å². The maximum atomic E-state index is 5.84. The zero-order valence-electron chi connectivity index (χ0n) is 21.6. The second-order valence-electron chi connectivity index (χ2n) is 9.46. The third-order valence-electron chi connectivity index (χ3n) is 6.72. The van der Waals surface area contributed by atoms with Gasteiger partial charge in [0.1, 0.15) is 0 Å². The van der Waals surface area contributed by atoms with Crippen LogP contribution in [0.3, 0.4) is 0 Å². The fourth-order valence-corrected chi connectivity index (χ4v) is 5.73. The van der Waals surface area contributed by atoms with E-state index in [0.717, 1.165) is 34.1 Å². The molecule has 5 aromatic rings. The first-order chi connectivity index (χ1) is 18.1. The van der Waals surface area contributed by atoms with Crippen LogP contribution >= 0.6 is 0 Å². The number of para-hydroxylation sites is 3. The maximum Gasteiger partial charge on any atom is 0.217 e. The quantitative estimate of drug-likeness (QED) is 0.198. The number of benzene rings is 5. The van der Waals surface area contributed by atoms with Gasteiger partial charge in [-0.15, -0.1) is 0 Å². The molecular weight excluding hydrogens is 468 g/mol. The minimum Gasteiger partial charge on any atom is -0.416 e. The zero-order chi connectivity index (χ0) is 25.7. The van der Waals surface area contributed by atoms with Gasteiger partial charge < -0.3 is 14.2 Å². The van der Waals surface area contributed by atoms with Crippen LogP contribution in [-0.2, 0) is 4.43 Å². The molecule has 37 heavy (non-hydrogen) atoms. The normalized spacial score (nSPS) is 11.2. The van der Waals surface area contributed by atoms with Crippen molar-refractivity contribution in [3.8, 4) is 0 Å². The molecule has 0 heterocycles. The van der Waals surface area contributed by atoms with Crippen molar-refractivity contribution in [1.29, 1.82) is 0 Å². The average Bonchev–Trinajstić information content (AvgIpc) is 2.96. The fourth-order valence-electron chi connectivity index (χ4n) is 4.53. The molecule has 0 amide bonds. The Hall–Kier alpha value is -4.12. The van der Waals surface area contributed by atoms with Crippen molar-refractivity contribution in [3.05, 3.63) is 140 Å². The highest BCUT2D eigenvalue weighted by molar-refractivity contribution is 6.84. The molecule has 3 nitrogen and oxygen atoms in total. The maximum absolute atomic E-state index is 5.84. The van der Waals surface area contributed by atoms with E-state index in [1.54, 1.807) is 0 Å². The van der Waals surface area contributed by atoms with Crippen molar-refractivity contribution in [2.75, 3.05) is 16.9 Å². The Morgan fingerprint density at radius 1 is 0.432 bits per heavy atom. The second kappa shape index (κ2) is 10.9.